The third kappa shape index (κ3) is 5.10. The van der Waals surface area contributed by atoms with Crippen LogP contribution in [0.2, 0.25) is 0 Å². The summed E-state index contributed by atoms with van der Waals surface area (Å²) in [5.74, 6) is 1.39. The van der Waals surface area contributed by atoms with Gasteiger partial charge < -0.3 is 10.6 Å². The Hall–Kier alpha value is -0.730. The van der Waals surface area contributed by atoms with E-state index >= 15 is 0 Å². The fraction of sp³-hybridized carbons (Fsp3) is 0.909. The molecule has 0 aliphatic carbocycles. The van der Waals surface area contributed by atoms with Gasteiger partial charge in [-0.05, 0) is 19.3 Å². The van der Waals surface area contributed by atoms with Gasteiger partial charge in [0, 0.05) is 19.6 Å². The molecule has 0 radical (unpaired) electrons. The van der Waals surface area contributed by atoms with Crippen LogP contribution in [0.4, 0.5) is 0 Å². The molecule has 0 aromatic rings. The van der Waals surface area contributed by atoms with Crippen LogP contribution < -0.4 is 5.73 Å². The van der Waals surface area contributed by atoms with Gasteiger partial charge in [-0.2, -0.15) is 0 Å². The molecule has 1 atom stereocenters. The van der Waals surface area contributed by atoms with Crippen LogP contribution in [0.25, 0.3) is 0 Å². The van der Waals surface area contributed by atoms with Gasteiger partial charge in [0.05, 0.1) is 0 Å². The first-order valence-corrected chi connectivity index (χ1v) is 5.70. The SMILES string of the molecule is CCCN=C(N)N(CC)CC(C)CC. The molecule has 1 unspecified atom stereocenters. The van der Waals surface area contributed by atoms with Gasteiger partial charge in [-0.3, -0.25) is 4.99 Å². The van der Waals surface area contributed by atoms with Gasteiger partial charge in [-0.25, -0.2) is 0 Å². The lowest BCUT2D eigenvalue weighted by molar-refractivity contribution is 0.355. The lowest BCUT2D eigenvalue weighted by Gasteiger charge is -2.24. The molecule has 0 aromatic carbocycles. The molecule has 0 spiro atoms. The Morgan fingerprint density at radius 3 is 2.43 bits per heavy atom. The number of guanidine groups is 1. The zero-order valence-electron chi connectivity index (χ0n) is 10.1. The van der Waals surface area contributed by atoms with Crippen molar-refractivity contribution in [2.24, 2.45) is 16.6 Å². The minimum atomic E-state index is 0.685. The smallest absolute Gasteiger partial charge is 0.191 e. The molecule has 0 amide bonds. The van der Waals surface area contributed by atoms with E-state index in [0.717, 1.165) is 26.1 Å². The van der Waals surface area contributed by atoms with E-state index < -0.39 is 0 Å². The summed E-state index contributed by atoms with van der Waals surface area (Å²) in [6, 6.07) is 0. The van der Waals surface area contributed by atoms with E-state index in [1.165, 1.54) is 6.42 Å². The number of hydrogen-bond acceptors (Lipinski definition) is 1. The Balaban J connectivity index is 4.11. The van der Waals surface area contributed by atoms with E-state index in [1.54, 1.807) is 0 Å². The molecule has 0 aliphatic heterocycles. The zero-order chi connectivity index (χ0) is 11.0. The van der Waals surface area contributed by atoms with Crippen molar-refractivity contribution in [3.05, 3.63) is 0 Å². The molecular weight excluding hydrogens is 174 g/mol. The number of nitrogens with two attached hydrogens (primary N) is 1. The maximum Gasteiger partial charge on any atom is 0.191 e. The van der Waals surface area contributed by atoms with E-state index in [-0.39, 0.29) is 0 Å². The van der Waals surface area contributed by atoms with Crippen LogP contribution in [0, 0.1) is 5.92 Å². The summed E-state index contributed by atoms with van der Waals surface area (Å²) in [6.07, 6.45) is 2.25. The van der Waals surface area contributed by atoms with Gasteiger partial charge in [-0.1, -0.05) is 27.2 Å². The zero-order valence-corrected chi connectivity index (χ0v) is 10.1. The molecule has 0 saturated carbocycles. The van der Waals surface area contributed by atoms with Crippen LogP contribution in [-0.2, 0) is 0 Å². The summed E-state index contributed by atoms with van der Waals surface area (Å²) >= 11 is 0. The van der Waals surface area contributed by atoms with Crippen molar-refractivity contribution in [3.63, 3.8) is 0 Å². The first-order chi connectivity index (χ1) is 6.65. The van der Waals surface area contributed by atoms with Crippen LogP contribution in [0.15, 0.2) is 4.99 Å². The van der Waals surface area contributed by atoms with Crippen molar-refractivity contribution in [2.45, 2.75) is 40.5 Å². The monoisotopic (exact) mass is 199 g/mol. The largest absolute Gasteiger partial charge is 0.370 e. The van der Waals surface area contributed by atoms with E-state index in [1.807, 2.05) is 0 Å². The highest BCUT2D eigenvalue weighted by Crippen LogP contribution is 2.03. The molecule has 0 bridgehead atoms. The molecule has 14 heavy (non-hydrogen) atoms. The van der Waals surface area contributed by atoms with Gasteiger partial charge in [-0.15, -0.1) is 0 Å². The Bertz CT molecular complexity index is 166. The lowest BCUT2D eigenvalue weighted by Crippen LogP contribution is -2.40. The van der Waals surface area contributed by atoms with Gasteiger partial charge in [0.2, 0.25) is 0 Å². The summed E-state index contributed by atoms with van der Waals surface area (Å²) in [5, 5.41) is 0. The van der Waals surface area contributed by atoms with Gasteiger partial charge in [0.1, 0.15) is 0 Å². The highest BCUT2D eigenvalue weighted by Gasteiger charge is 2.08. The lowest BCUT2D eigenvalue weighted by atomic mass is 10.1. The number of nitrogens with zero attached hydrogens (tertiary/aromatic N) is 2. The second kappa shape index (κ2) is 7.65. The molecule has 0 aromatic heterocycles. The minimum absolute atomic E-state index is 0.685. The quantitative estimate of drug-likeness (QED) is 0.525. The van der Waals surface area contributed by atoms with Crippen molar-refractivity contribution in [3.8, 4) is 0 Å². The molecular formula is C11H25N3. The average Bonchev–Trinajstić information content (AvgIpc) is 2.21. The fourth-order valence-electron chi connectivity index (χ4n) is 1.22. The molecule has 2 N–H and O–H groups in total. The minimum Gasteiger partial charge on any atom is -0.370 e. The Kier molecular flexibility index (Phi) is 7.25. The number of hydrogen-bond donors (Lipinski definition) is 1. The van der Waals surface area contributed by atoms with Crippen LogP contribution in [0.5, 0.6) is 0 Å². The van der Waals surface area contributed by atoms with E-state index in [0.29, 0.717) is 11.9 Å². The predicted octanol–water partition coefficient (Wildman–Crippen LogP) is 2.08. The summed E-state index contributed by atoms with van der Waals surface area (Å²) < 4.78 is 0. The van der Waals surface area contributed by atoms with Crippen molar-refractivity contribution in [1.29, 1.82) is 0 Å². The summed E-state index contributed by atoms with van der Waals surface area (Å²) in [7, 11) is 0. The van der Waals surface area contributed by atoms with Crippen LogP contribution in [-0.4, -0.2) is 30.5 Å². The van der Waals surface area contributed by atoms with Gasteiger partial charge >= 0.3 is 0 Å². The van der Waals surface area contributed by atoms with Crippen molar-refractivity contribution >= 4 is 5.96 Å². The Morgan fingerprint density at radius 2 is 2.00 bits per heavy atom. The van der Waals surface area contributed by atoms with Crippen LogP contribution >= 0.6 is 0 Å². The first-order valence-electron chi connectivity index (χ1n) is 5.70. The van der Waals surface area contributed by atoms with Crippen molar-refractivity contribution in [1.82, 2.24) is 4.90 Å². The standard InChI is InChI=1S/C11H25N3/c1-5-8-13-11(12)14(7-3)9-10(4)6-2/h10H,5-9H2,1-4H3,(H2,12,13). The summed E-state index contributed by atoms with van der Waals surface area (Å²) in [5.41, 5.74) is 5.89. The number of rotatable bonds is 6. The molecule has 0 aliphatic rings. The Morgan fingerprint density at radius 1 is 1.36 bits per heavy atom. The summed E-state index contributed by atoms with van der Waals surface area (Å²) in [4.78, 5) is 6.48. The van der Waals surface area contributed by atoms with Crippen LogP contribution in [0.3, 0.4) is 0 Å². The van der Waals surface area contributed by atoms with Gasteiger partial charge in [0.15, 0.2) is 5.96 Å². The fourth-order valence-corrected chi connectivity index (χ4v) is 1.22. The van der Waals surface area contributed by atoms with Crippen molar-refractivity contribution < 1.29 is 0 Å². The third-order valence-electron chi connectivity index (χ3n) is 2.43. The number of aliphatic imine (C=N–C) groups is 1. The molecule has 0 heterocycles. The van der Waals surface area contributed by atoms with Crippen LogP contribution in [0.1, 0.15) is 40.5 Å². The topological polar surface area (TPSA) is 41.6 Å². The second-order valence-corrected chi connectivity index (χ2v) is 3.79. The molecule has 0 fully saturated rings. The Labute approximate surface area is 88.4 Å². The first kappa shape index (κ1) is 13.3. The molecule has 84 valence electrons. The molecule has 3 nitrogen and oxygen atoms in total. The highest BCUT2D eigenvalue weighted by atomic mass is 15.2. The molecule has 3 heteroatoms. The average molecular weight is 199 g/mol. The normalized spacial score (nSPS) is 14.1. The van der Waals surface area contributed by atoms with E-state index in [2.05, 4.69) is 37.6 Å². The van der Waals surface area contributed by atoms with E-state index in [4.69, 9.17) is 5.73 Å². The third-order valence-corrected chi connectivity index (χ3v) is 2.43. The molecule has 0 saturated heterocycles. The van der Waals surface area contributed by atoms with Crippen molar-refractivity contribution in [2.75, 3.05) is 19.6 Å². The maximum atomic E-state index is 5.89. The second-order valence-electron chi connectivity index (χ2n) is 3.79. The molecule has 0 rings (SSSR count). The highest BCUT2D eigenvalue weighted by molar-refractivity contribution is 5.78. The van der Waals surface area contributed by atoms with Gasteiger partial charge in [0.25, 0.3) is 0 Å². The van der Waals surface area contributed by atoms with E-state index in [9.17, 15) is 0 Å². The maximum absolute atomic E-state index is 5.89. The predicted molar refractivity (Wildman–Crippen MR) is 63.5 cm³/mol. The summed E-state index contributed by atoms with van der Waals surface area (Å²) in [6.45, 7) is 11.5.